The van der Waals surface area contributed by atoms with E-state index in [1.165, 1.54) is 6.33 Å². The molecule has 0 fully saturated rings. The number of hydrogen-bond donors (Lipinski definition) is 3. The third kappa shape index (κ3) is 3.85. The van der Waals surface area contributed by atoms with E-state index < -0.39 is 5.60 Å². The Labute approximate surface area is 102 Å². The van der Waals surface area contributed by atoms with Crippen molar-refractivity contribution in [1.29, 1.82) is 0 Å². The van der Waals surface area contributed by atoms with Gasteiger partial charge in [0.05, 0.1) is 5.60 Å². The summed E-state index contributed by atoms with van der Waals surface area (Å²) >= 11 is 0. The van der Waals surface area contributed by atoms with Gasteiger partial charge in [-0.15, -0.1) is 0 Å². The van der Waals surface area contributed by atoms with E-state index in [2.05, 4.69) is 22.2 Å². The van der Waals surface area contributed by atoms with Gasteiger partial charge < -0.3 is 16.2 Å². The Bertz CT molecular complexity index is 366. The number of aromatic nitrogens is 2. The van der Waals surface area contributed by atoms with Gasteiger partial charge in [-0.3, -0.25) is 0 Å². The molecular formula is C12H22N4O. The van der Waals surface area contributed by atoms with Crippen molar-refractivity contribution >= 4 is 11.6 Å². The first-order valence-corrected chi connectivity index (χ1v) is 6.05. The van der Waals surface area contributed by atoms with Gasteiger partial charge in [0.25, 0.3) is 0 Å². The number of nitrogens with zero attached hydrogens (tertiary/aromatic N) is 2. The van der Waals surface area contributed by atoms with E-state index in [-0.39, 0.29) is 0 Å². The SMILES string of the molecule is CCCc1c(N)ncnc1NCC(C)(O)CC. The number of aliphatic hydroxyl groups is 1. The Balaban J connectivity index is 2.80. The third-order valence-electron chi connectivity index (χ3n) is 2.88. The summed E-state index contributed by atoms with van der Waals surface area (Å²) in [5.41, 5.74) is 6.03. The summed E-state index contributed by atoms with van der Waals surface area (Å²) in [5, 5.41) is 13.1. The quantitative estimate of drug-likeness (QED) is 0.701. The smallest absolute Gasteiger partial charge is 0.134 e. The number of anilines is 2. The maximum absolute atomic E-state index is 9.94. The molecule has 0 saturated carbocycles. The van der Waals surface area contributed by atoms with Crippen molar-refractivity contribution in [3.8, 4) is 0 Å². The highest BCUT2D eigenvalue weighted by Gasteiger charge is 2.18. The van der Waals surface area contributed by atoms with Crippen LogP contribution in [-0.4, -0.2) is 27.2 Å². The highest BCUT2D eigenvalue weighted by Crippen LogP contribution is 2.20. The minimum atomic E-state index is -0.733. The summed E-state index contributed by atoms with van der Waals surface area (Å²) < 4.78 is 0. The molecule has 0 bridgehead atoms. The highest BCUT2D eigenvalue weighted by atomic mass is 16.3. The molecule has 1 aromatic rings. The van der Waals surface area contributed by atoms with Gasteiger partial charge >= 0.3 is 0 Å². The average molecular weight is 238 g/mol. The van der Waals surface area contributed by atoms with E-state index in [0.29, 0.717) is 18.8 Å². The zero-order chi connectivity index (χ0) is 12.9. The molecular weight excluding hydrogens is 216 g/mol. The molecule has 0 amide bonds. The standard InChI is InChI=1S/C12H22N4O/c1-4-6-9-10(13)15-8-16-11(9)14-7-12(3,17)5-2/h8,17H,4-7H2,1-3H3,(H3,13,14,15,16). The monoisotopic (exact) mass is 238 g/mol. The number of rotatable bonds is 6. The van der Waals surface area contributed by atoms with Crippen molar-refractivity contribution in [2.24, 2.45) is 0 Å². The van der Waals surface area contributed by atoms with E-state index in [1.807, 2.05) is 6.92 Å². The molecule has 1 unspecified atom stereocenters. The summed E-state index contributed by atoms with van der Waals surface area (Å²) in [4.78, 5) is 8.17. The molecule has 1 heterocycles. The molecule has 0 aliphatic heterocycles. The molecule has 0 spiro atoms. The van der Waals surface area contributed by atoms with Crippen molar-refractivity contribution in [1.82, 2.24) is 9.97 Å². The van der Waals surface area contributed by atoms with E-state index in [4.69, 9.17) is 5.73 Å². The predicted octanol–water partition coefficient (Wildman–Crippen LogP) is 1.58. The van der Waals surface area contributed by atoms with Crippen LogP contribution in [0.3, 0.4) is 0 Å². The van der Waals surface area contributed by atoms with Gasteiger partial charge in [0.1, 0.15) is 18.0 Å². The van der Waals surface area contributed by atoms with Gasteiger partial charge in [0, 0.05) is 12.1 Å². The lowest BCUT2D eigenvalue weighted by molar-refractivity contribution is 0.0696. The van der Waals surface area contributed by atoms with Crippen LogP contribution in [0.2, 0.25) is 0 Å². The molecule has 0 aliphatic rings. The van der Waals surface area contributed by atoms with Crippen molar-refractivity contribution < 1.29 is 5.11 Å². The van der Waals surface area contributed by atoms with E-state index in [0.717, 1.165) is 24.2 Å². The molecule has 0 saturated heterocycles. The van der Waals surface area contributed by atoms with Crippen LogP contribution < -0.4 is 11.1 Å². The topological polar surface area (TPSA) is 84.1 Å². The molecule has 1 atom stereocenters. The number of nitrogen functional groups attached to an aromatic ring is 1. The number of nitrogens with one attached hydrogen (secondary N) is 1. The van der Waals surface area contributed by atoms with Crippen LogP contribution in [0.4, 0.5) is 11.6 Å². The van der Waals surface area contributed by atoms with Crippen molar-refractivity contribution in [3.05, 3.63) is 11.9 Å². The van der Waals surface area contributed by atoms with Crippen LogP contribution >= 0.6 is 0 Å². The highest BCUT2D eigenvalue weighted by molar-refractivity contribution is 5.55. The van der Waals surface area contributed by atoms with Gasteiger partial charge in [-0.1, -0.05) is 20.3 Å². The van der Waals surface area contributed by atoms with Gasteiger partial charge in [-0.05, 0) is 19.8 Å². The molecule has 0 radical (unpaired) electrons. The minimum Gasteiger partial charge on any atom is -0.388 e. The van der Waals surface area contributed by atoms with E-state index in [1.54, 1.807) is 6.92 Å². The van der Waals surface area contributed by atoms with Gasteiger partial charge in [-0.25, -0.2) is 9.97 Å². The zero-order valence-corrected chi connectivity index (χ0v) is 10.8. The van der Waals surface area contributed by atoms with Gasteiger partial charge in [0.15, 0.2) is 0 Å². The summed E-state index contributed by atoms with van der Waals surface area (Å²) in [6.45, 7) is 6.28. The minimum absolute atomic E-state index is 0.455. The lowest BCUT2D eigenvalue weighted by atomic mass is 10.0. The predicted molar refractivity (Wildman–Crippen MR) is 69.8 cm³/mol. The zero-order valence-electron chi connectivity index (χ0n) is 10.8. The fraction of sp³-hybridized carbons (Fsp3) is 0.667. The Morgan fingerprint density at radius 1 is 1.41 bits per heavy atom. The first-order valence-electron chi connectivity index (χ1n) is 6.05. The lowest BCUT2D eigenvalue weighted by Gasteiger charge is -2.22. The van der Waals surface area contributed by atoms with Crippen LogP contribution in [0.25, 0.3) is 0 Å². The van der Waals surface area contributed by atoms with Crippen LogP contribution in [0.15, 0.2) is 6.33 Å². The molecule has 5 heteroatoms. The second-order valence-electron chi connectivity index (χ2n) is 4.54. The average Bonchev–Trinajstić information content (AvgIpc) is 2.30. The van der Waals surface area contributed by atoms with Crippen LogP contribution in [0.5, 0.6) is 0 Å². The Kier molecular flexibility index (Phi) is 4.69. The molecule has 1 aromatic heterocycles. The molecule has 0 aliphatic carbocycles. The molecule has 0 aromatic carbocycles. The normalized spacial score (nSPS) is 14.4. The summed E-state index contributed by atoms with van der Waals surface area (Å²) in [5.74, 6) is 1.24. The molecule has 4 N–H and O–H groups in total. The van der Waals surface area contributed by atoms with Crippen LogP contribution in [0.1, 0.15) is 39.2 Å². The number of hydrogen-bond acceptors (Lipinski definition) is 5. The summed E-state index contributed by atoms with van der Waals surface area (Å²) in [6.07, 6.45) is 3.95. The molecule has 5 nitrogen and oxygen atoms in total. The van der Waals surface area contributed by atoms with Crippen LogP contribution in [0, 0.1) is 0 Å². The van der Waals surface area contributed by atoms with E-state index in [9.17, 15) is 5.11 Å². The maximum atomic E-state index is 9.94. The van der Waals surface area contributed by atoms with Gasteiger partial charge in [0.2, 0.25) is 0 Å². The first-order chi connectivity index (χ1) is 8.00. The fourth-order valence-corrected chi connectivity index (χ4v) is 1.47. The molecule has 96 valence electrons. The van der Waals surface area contributed by atoms with Gasteiger partial charge in [-0.2, -0.15) is 0 Å². The van der Waals surface area contributed by atoms with Crippen molar-refractivity contribution in [2.75, 3.05) is 17.6 Å². The van der Waals surface area contributed by atoms with E-state index >= 15 is 0 Å². The first kappa shape index (κ1) is 13.7. The van der Waals surface area contributed by atoms with Crippen molar-refractivity contribution in [2.45, 2.75) is 45.6 Å². The number of nitrogens with two attached hydrogens (primary N) is 1. The Morgan fingerprint density at radius 3 is 2.71 bits per heavy atom. The van der Waals surface area contributed by atoms with Crippen molar-refractivity contribution in [3.63, 3.8) is 0 Å². The second kappa shape index (κ2) is 5.82. The lowest BCUT2D eigenvalue weighted by Crippen LogP contribution is -2.33. The Hall–Kier alpha value is -1.36. The molecule has 17 heavy (non-hydrogen) atoms. The summed E-state index contributed by atoms with van der Waals surface area (Å²) in [7, 11) is 0. The third-order valence-corrected chi connectivity index (χ3v) is 2.88. The van der Waals surface area contributed by atoms with Crippen LogP contribution in [-0.2, 0) is 6.42 Å². The maximum Gasteiger partial charge on any atom is 0.134 e. The Morgan fingerprint density at radius 2 is 2.12 bits per heavy atom. The fourth-order valence-electron chi connectivity index (χ4n) is 1.47. The summed E-state index contributed by atoms with van der Waals surface area (Å²) in [6, 6.07) is 0. The molecule has 1 rings (SSSR count). The largest absolute Gasteiger partial charge is 0.388 e. The second-order valence-corrected chi connectivity index (χ2v) is 4.54.